The number of nitrogens with two attached hydrogens (primary N) is 1. The van der Waals surface area contributed by atoms with Crippen molar-refractivity contribution in [2.75, 3.05) is 24.1 Å². The second-order valence-electron chi connectivity index (χ2n) is 5.52. The van der Waals surface area contributed by atoms with E-state index in [1.54, 1.807) is 12.1 Å². The Kier molecular flexibility index (Phi) is 4.15. The number of nitrogen functional groups attached to an aromatic ring is 1. The lowest BCUT2D eigenvalue weighted by atomic mass is 10.2. The molecule has 1 heterocycles. The van der Waals surface area contributed by atoms with Crippen LogP contribution in [-0.2, 0) is 4.74 Å². The van der Waals surface area contributed by atoms with Crippen LogP contribution in [0, 0.1) is 0 Å². The molecule has 8 heteroatoms. The van der Waals surface area contributed by atoms with E-state index in [9.17, 15) is 4.79 Å². The van der Waals surface area contributed by atoms with Crippen molar-refractivity contribution in [2.24, 2.45) is 0 Å². The van der Waals surface area contributed by atoms with Crippen molar-refractivity contribution in [3.8, 4) is 0 Å². The number of aromatic nitrogens is 2. The van der Waals surface area contributed by atoms with Crippen LogP contribution in [0.1, 0.15) is 20.8 Å². The van der Waals surface area contributed by atoms with Gasteiger partial charge in [0.25, 0.3) is 0 Å². The normalized spacial score (nSPS) is 11.4. The number of amides is 1. The minimum absolute atomic E-state index is 0.409. The summed E-state index contributed by atoms with van der Waals surface area (Å²) >= 11 is 0. The summed E-state index contributed by atoms with van der Waals surface area (Å²) in [6.07, 6.45) is -0.449. The molecule has 4 N–H and O–H groups in total. The van der Waals surface area contributed by atoms with Crippen LogP contribution in [0.4, 0.5) is 16.2 Å². The molecule has 1 aromatic heterocycles. The molecule has 0 fully saturated rings. The molecule has 2 aromatic rings. The van der Waals surface area contributed by atoms with E-state index < -0.39 is 11.7 Å². The van der Waals surface area contributed by atoms with Gasteiger partial charge in [-0.3, -0.25) is 0 Å². The van der Waals surface area contributed by atoms with E-state index in [1.165, 1.54) is 0 Å². The molecule has 0 radical (unpaired) electrons. The average Bonchev–Trinajstić information content (AvgIpc) is 2.85. The van der Waals surface area contributed by atoms with E-state index in [4.69, 9.17) is 10.5 Å². The minimum atomic E-state index is -0.507. The van der Waals surface area contributed by atoms with Crippen molar-refractivity contribution in [2.45, 2.75) is 26.4 Å². The fourth-order valence-electron chi connectivity index (χ4n) is 1.70. The standard InChI is InChI=1S/C13H19N5O3/c1-13(2,3)20-12(19)16-7-6-15-9-5-4-8(14)10-11(9)18-21-17-10/h4-5,15H,6-7,14H2,1-3H3,(H,16,19). The number of nitrogens with one attached hydrogen (secondary N) is 2. The topological polar surface area (TPSA) is 115 Å². The second-order valence-corrected chi connectivity index (χ2v) is 5.52. The first-order valence-electron chi connectivity index (χ1n) is 6.58. The molecule has 0 bridgehead atoms. The van der Waals surface area contributed by atoms with Crippen LogP contribution in [-0.4, -0.2) is 35.1 Å². The number of hydrogen-bond donors (Lipinski definition) is 3. The Labute approximate surface area is 122 Å². The van der Waals surface area contributed by atoms with E-state index in [0.29, 0.717) is 29.8 Å². The van der Waals surface area contributed by atoms with Gasteiger partial charge >= 0.3 is 6.09 Å². The molecule has 0 saturated carbocycles. The summed E-state index contributed by atoms with van der Waals surface area (Å²) in [5.41, 5.74) is 7.57. The monoisotopic (exact) mass is 293 g/mol. The van der Waals surface area contributed by atoms with E-state index >= 15 is 0 Å². The molecule has 8 nitrogen and oxygen atoms in total. The van der Waals surface area contributed by atoms with Gasteiger partial charge in [-0.05, 0) is 43.2 Å². The van der Waals surface area contributed by atoms with Gasteiger partial charge in [0.15, 0.2) is 11.0 Å². The zero-order chi connectivity index (χ0) is 15.5. The number of carbonyl (C=O) groups is 1. The largest absolute Gasteiger partial charge is 0.444 e. The Balaban J connectivity index is 1.85. The van der Waals surface area contributed by atoms with Crippen LogP contribution in [0.15, 0.2) is 16.8 Å². The molecule has 0 aliphatic rings. The zero-order valence-corrected chi connectivity index (χ0v) is 12.3. The number of ether oxygens (including phenoxy) is 1. The zero-order valence-electron chi connectivity index (χ0n) is 12.3. The van der Waals surface area contributed by atoms with Crippen molar-refractivity contribution in [1.29, 1.82) is 0 Å². The summed E-state index contributed by atoms with van der Waals surface area (Å²) in [6, 6.07) is 3.51. The summed E-state index contributed by atoms with van der Waals surface area (Å²) in [6.45, 7) is 6.35. The molecule has 0 atom stereocenters. The molecular weight excluding hydrogens is 274 g/mol. The molecule has 0 aliphatic heterocycles. The number of alkyl carbamates (subject to hydrolysis) is 1. The van der Waals surface area contributed by atoms with Gasteiger partial charge in [-0.1, -0.05) is 0 Å². The Morgan fingerprint density at radius 3 is 2.71 bits per heavy atom. The van der Waals surface area contributed by atoms with Crippen LogP contribution in [0.25, 0.3) is 11.0 Å². The molecule has 114 valence electrons. The highest BCUT2D eigenvalue weighted by Crippen LogP contribution is 2.24. The smallest absolute Gasteiger partial charge is 0.407 e. The summed E-state index contributed by atoms with van der Waals surface area (Å²) in [4.78, 5) is 11.5. The van der Waals surface area contributed by atoms with Crippen LogP contribution in [0.5, 0.6) is 0 Å². The quantitative estimate of drug-likeness (QED) is 0.581. The molecule has 0 spiro atoms. The fraction of sp³-hybridized carbons (Fsp3) is 0.462. The average molecular weight is 293 g/mol. The van der Waals surface area contributed by atoms with Crippen molar-refractivity contribution in [3.63, 3.8) is 0 Å². The lowest BCUT2D eigenvalue weighted by Gasteiger charge is -2.19. The number of fused-ring (bicyclic) bond motifs is 1. The molecule has 2 rings (SSSR count). The van der Waals surface area contributed by atoms with Gasteiger partial charge in [0.2, 0.25) is 0 Å². The highest BCUT2D eigenvalue weighted by atomic mass is 16.6. The van der Waals surface area contributed by atoms with Crippen LogP contribution < -0.4 is 16.4 Å². The number of rotatable bonds is 4. The Hall–Kier alpha value is -2.51. The lowest BCUT2D eigenvalue weighted by molar-refractivity contribution is 0.0530. The third-order valence-electron chi connectivity index (χ3n) is 2.56. The maximum absolute atomic E-state index is 11.5. The fourth-order valence-corrected chi connectivity index (χ4v) is 1.70. The van der Waals surface area contributed by atoms with E-state index in [-0.39, 0.29) is 0 Å². The molecular formula is C13H19N5O3. The first-order valence-corrected chi connectivity index (χ1v) is 6.58. The molecule has 0 unspecified atom stereocenters. The number of anilines is 2. The minimum Gasteiger partial charge on any atom is -0.444 e. The SMILES string of the molecule is CC(C)(C)OC(=O)NCCNc1ccc(N)c2nonc12. The summed E-state index contributed by atoms with van der Waals surface area (Å²) in [7, 11) is 0. The second kappa shape index (κ2) is 5.86. The Morgan fingerprint density at radius 2 is 2.00 bits per heavy atom. The molecule has 21 heavy (non-hydrogen) atoms. The summed E-state index contributed by atoms with van der Waals surface area (Å²) in [5, 5.41) is 13.3. The van der Waals surface area contributed by atoms with E-state index in [2.05, 4.69) is 25.6 Å². The predicted octanol–water partition coefficient (Wildman–Crippen LogP) is 1.74. The first kappa shape index (κ1) is 14.9. The van der Waals surface area contributed by atoms with Gasteiger partial charge < -0.3 is 21.1 Å². The first-order chi connectivity index (χ1) is 9.87. The maximum Gasteiger partial charge on any atom is 0.407 e. The van der Waals surface area contributed by atoms with Gasteiger partial charge in [-0.2, -0.15) is 0 Å². The third kappa shape index (κ3) is 3.98. The number of nitrogens with zero attached hydrogens (tertiary/aromatic N) is 2. The Bertz CT molecular complexity index is 632. The van der Waals surface area contributed by atoms with Crippen molar-refractivity contribution in [1.82, 2.24) is 15.6 Å². The summed E-state index contributed by atoms with van der Waals surface area (Å²) in [5.74, 6) is 0. The van der Waals surface area contributed by atoms with Gasteiger partial charge in [0.1, 0.15) is 5.60 Å². The van der Waals surface area contributed by atoms with Gasteiger partial charge in [-0.25, -0.2) is 9.42 Å². The van der Waals surface area contributed by atoms with Crippen LogP contribution in [0.3, 0.4) is 0 Å². The number of hydrogen-bond acceptors (Lipinski definition) is 7. The summed E-state index contributed by atoms with van der Waals surface area (Å²) < 4.78 is 9.81. The third-order valence-corrected chi connectivity index (χ3v) is 2.56. The van der Waals surface area contributed by atoms with E-state index in [1.807, 2.05) is 20.8 Å². The highest BCUT2D eigenvalue weighted by molar-refractivity contribution is 5.94. The highest BCUT2D eigenvalue weighted by Gasteiger charge is 2.15. The maximum atomic E-state index is 11.5. The number of benzene rings is 1. The number of carbonyl (C=O) groups excluding carboxylic acids is 1. The predicted molar refractivity (Wildman–Crippen MR) is 78.9 cm³/mol. The van der Waals surface area contributed by atoms with Gasteiger partial charge in [-0.15, -0.1) is 0 Å². The van der Waals surface area contributed by atoms with Crippen molar-refractivity contribution >= 4 is 28.5 Å². The van der Waals surface area contributed by atoms with Crippen LogP contribution >= 0.6 is 0 Å². The van der Waals surface area contributed by atoms with Crippen molar-refractivity contribution < 1.29 is 14.2 Å². The molecule has 1 amide bonds. The van der Waals surface area contributed by atoms with Gasteiger partial charge in [0.05, 0.1) is 11.4 Å². The lowest BCUT2D eigenvalue weighted by Crippen LogP contribution is -2.35. The van der Waals surface area contributed by atoms with E-state index in [0.717, 1.165) is 5.69 Å². The molecule has 0 aliphatic carbocycles. The van der Waals surface area contributed by atoms with Crippen molar-refractivity contribution in [3.05, 3.63) is 12.1 Å². The molecule has 0 saturated heterocycles. The Morgan fingerprint density at radius 1 is 1.29 bits per heavy atom. The van der Waals surface area contributed by atoms with Crippen LogP contribution in [0.2, 0.25) is 0 Å². The van der Waals surface area contributed by atoms with Gasteiger partial charge in [0, 0.05) is 13.1 Å². The molecule has 1 aromatic carbocycles.